The van der Waals surface area contributed by atoms with Gasteiger partial charge in [0.15, 0.2) is 0 Å². The van der Waals surface area contributed by atoms with Crippen molar-refractivity contribution >= 4 is 31.5 Å². The molecule has 0 N–H and O–H groups in total. The van der Waals surface area contributed by atoms with Crippen LogP contribution in [0.4, 0.5) is 0 Å². The van der Waals surface area contributed by atoms with Gasteiger partial charge in [-0.25, -0.2) is 8.42 Å². The van der Waals surface area contributed by atoms with Crippen LogP contribution in [0.15, 0.2) is 23.1 Å². The smallest absolute Gasteiger partial charge is 0.261 e. The van der Waals surface area contributed by atoms with Crippen molar-refractivity contribution in [3.05, 3.63) is 23.8 Å². The Labute approximate surface area is 130 Å². The van der Waals surface area contributed by atoms with Crippen molar-refractivity contribution in [1.82, 2.24) is 0 Å². The molecule has 0 unspecified atom stereocenters. The van der Waals surface area contributed by atoms with Crippen molar-refractivity contribution in [3.8, 4) is 5.75 Å². The van der Waals surface area contributed by atoms with Gasteiger partial charge in [-0.1, -0.05) is 27.7 Å². The van der Waals surface area contributed by atoms with E-state index in [0.29, 0.717) is 6.61 Å². The Kier molecular flexibility index (Phi) is 6.23. The summed E-state index contributed by atoms with van der Waals surface area (Å²) in [6, 6.07) is 4.77. The lowest BCUT2D eigenvalue weighted by Crippen LogP contribution is -2.15. The number of rotatable bonds is 6. The quantitative estimate of drug-likeness (QED) is 0.580. The second kappa shape index (κ2) is 7.05. The molecule has 1 aromatic rings. The molecule has 0 saturated heterocycles. The largest absolute Gasteiger partial charge is 0.492 e. The van der Waals surface area contributed by atoms with E-state index in [4.69, 9.17) is 15.4 Å². The zero-order valence-corrected chi connectivity index (χ0v) is 14.7. The lowest BCUT2D eigenvalue weighted by Gasteiger charge is -2.23. The third-order valence-corrected chi connectivity index (χ3v) is 4.95. The zero-order chi connectivity index (χ0) is 15.4. The van der Waals surface area contributed by atoms with E-state index in [1.54, 1.807) is 23.9 Å². The number of hydrogen-bond donors (Lipinski definition) is 0. The molecule has 0 aliphatic carbocycles. The van der Waals surface area contributed by atoms with E-state index in [9.17, 15) is 8.42 Å². The molecule has 114 valence electrons. The van der Waals surface area contributed by atoms with E-state index >= 15 is 0 Å². The minimum atomic E-state index is -3.72. The molecule has 0 aliphatic rings. The molecule has 0 radical (unpaired) electrons. The molecule has 20 heavy (non-hydrogen) atoms. The van der Waals surface area contributed by atoms with Crippen LogP contribution in [0.25, 0.3) is 0 Å². The number of benzene rings is 1. The molecule has 1 rings (SSSR count). The van der Waals surface area contributed by atoms with Crippen molar-refractivity contribution in [2.45, 2.75) is 38.0 Å². The summed E-state index contributed by atoms with van der Waals surface area (Å²) in [5.41, 5.74) is 0.630. The van der Waals surface area contributed by atoms with E-state index in [-0.39, 0.29) is 10.3 Å². The maximum atomic E-state index is 11.4. The van der Waals surface area contributed by atoms with Crippen LogP contribution in [0.5, 0.6) is 5.75 Å². The first kappa shape index (κ1) is 17.7. The third kappa shape index (κ3) is 5.19. The Hall–Kier alpha value is -0.390. The van der Waals surface area contributed by atoms with Crippen molar-refractivity contribution in [2.24, 2.45) is 0 Å². The van der Waals surface area contributed by atoms with Crippen LogP contribution in [0, 0.1) is 0 Å². The van der Waals surface area contributed by atoms with Crippen LogP contribution in [0.2, 0.25) is 0 Å². The van der Waals surface area contributed by atoms with Crippen LogP contribution in [0.3, 0.4) is 0 Å². The Balaban J connectivity index is 3.06. The van der Waals surface area contributed by atoms with Gasteiger partial charge < -0.3 is 4.74 Å². The summed E-state index contributed by atoms with van der Waals surface area (Å²) in [6.07, 6.45) is 0. The van der Waals surface area contributed by atoms with Crippen molar-refractivity contribution in [2.75, 3.05) is 18.1 Å². The summed E-state index contributed by atoms with van der Waals surface area (Å²) in [5.74, 6) is 2.69. The summed E-state index contributed by atoms with van der Waals surface area (Å²) in [7, 11) is 1.69. The Morgan fingerprint density at radius 1 is 1.30 bits per heavy atom. The lowest BCUT2D eigenvalue weighted by molar-refractivity contribution is 0.333. The minimum Gasteiger partial charge on any atom is -0.492 e. The van der Waals surface area contributed by atoms with Gasteiger partial charge >= 0.3 is 0 Å². The molecule has 3 nitrogen and oxygen atoms in total. The van der Waals surface area contributed by atoms with Crippen molar-refractivity contribution in [3.63, 3.8) is 0 Å². The molecule has 0 bridgehead atoms. The van der Waals surface area contributed by atoms with Gasteiger partial charge in [-0.2, -0.15) is 11.8 Å². The van der Waals surface area contributed by atoms with Crippen LogP contribution in [-0.2, 0) is 14.5 Å². The van der Waals surface area contributed by atoms with E-state index in [1.165, 1.54) is 6.07 Å². The van der Waals surface area contributed by atoms with E-state index in [0.717, 1.165) is 22.8 Å². The predicted molar refractivity (Wildman–Crippen MR) is 86.7 cm³/mol. The molecule has 0 atom stereocenters. The molecule has 0 amide bonds. The second-order valence-electron chi connectivity index (χ2n) is 5.39. The van der Waals surface area contributed by atoms with Gasteiger partial charge in [-0.15, -0.1) is 0 Å². The van der Waals surface area contributed by atoms with E-state index in [1.807, 2.05) is 20.8 Å². The van der Waals surface area contributed by atoms with Crippen LogP contribution in [0.1, 0.15) is 33.3 Å². The number of ether oxygens (including phenoxy) is 1. The fraction of sp³-hybridized carbons (Fsp3) is 0.571. The maximum Gasteiger partial charge on any atom is 0.261 e. The number of hydrogen-bond acceptors (Lipinski definition) is 4. The van der Waals surface area contributed by atoms with Crippen LogP contribution < -0.4 is 4.74 Å². The standard InChI is InChI=1S/C14H21ClO3S2/c1-5-19-9-8-18-13-7-6-11(20(15,16)17)10-12(13)14(2,3)4/h6-7,10H,5,8-9H2,1-4H3. The lowest BCUT2D eigenvalue weighted by atomic mass is 9.86. The molecular weight excluding hydrogens is 316 g/mol. The Morgan fingerprint density at radius 2 is 1.95 bits per heavy atom. The molecular formula is C14H21ClO3S2. The van der Waals surface area contributed by atoms with Crippen molar-refractivity contribution in [1.29, 1.82) is 0 Å². The topological polar surface area (TPSA) is 43.4 Å². The van der Waals surface area contributed by atoms with Gasteiger partial charge in [0.2, 0.25) is 0 Å². The summed E-state index contributed by atoms with van der Waals surface area (Å²) >= 11 is 1.81. The first-order chi connectivity index (χ1) is 9.16. The SMILES string of the molecule is CCSCCOc1ccc(S(=O)(=O)Cl)cc1C(C)(C)C. The normalized spacial score (nSPS) is 12.4. The minimum absolute atomic E-state index is 0.111. The van der Waals surface area contributed by atoms with Crippen LogP contribution >= 0.6 is 22.4 Å². The highest BCUT2D eigenvalue weighted by atomic mass is 35.7. The molecule has 1 aromatic carbocycles. The molecule has 0 aromatic heterocycles. The number of thioether (sulfide) groups is 1. The van der Waals surface area contributed by atoms with Gasteiger partial charge in [-0.05, 0) is 29.4 Å². The average molecular weight is 337 g/mol. The highest BCUT2D eigenvalue weighted by molar-refractivity contribution is 8.13. The molecule has 6 heteroatoms. The summed E-state index contributed by atoms with van der Waals surface area (Å²) in [5, 5.41) is 0. The first-order valence-corrected chi connectivity index (χ1v) is 9.92. The van der Waals surface area contributed by atoms with Gasteiger partial charge in [0.1, 0.15) is 5.75 Å². The molecule has 0 spiro atoms. The molecule has 0 saturated carbocycles. The first-order valence-electron chi connectivity index (χ1n) is 6.46. The third-order valence-electron chi connectivity index (χ3n) is 2.73. The predicted octanol–water partition coefficient (Wildman–Crippen LogP) is 4.04. The average Bonchev–Trinajstić information content (AvgIpc) is 2.32. The fourth-order valence-corrected chi connectivity index (χ4v) is 2.99. The molecule has 0 aliphatic heterocycles. The van der Waals surface area contributed by atoms with Gasteiger partial charge in [-0.3, -0.25) is 0 Å². The summed E-state index contributed by atoms with van der Waals surface area (Å²) in [4.78, 5) is 0.111. The highest BCUT2D eigenvalue weighted by Crippen LogP contribution is 2.34. The number of halogens is 1. The van der Waals surface area contributed by atoms with E-state index in [2.05, 4.69) is 6.92 Å². The molecule has 0 fully saturated rings. The van der Waals surface area contributed by atoms with E-state index < -0.39 is 9.05 Å². The van der Waals surface area contributed by atoms with Crippen LogP contribution in [-0.4, -0.2) is 26.5 Å². The summed E-state index contributed by atoms with van der Waals surface area (Å²) in [6.45, 7) is 8.75. The Morgan fingerprint density at radius 3 is 2.45 bits per heavy atom. The monoisotopic (exact) mass is 336 g/mol. The van der Waals surface area contributed by atoms with Gasteiger partial charge in [0.05, 0.1) is 11.5 Å². The Bertz CT molecular complexity index is 548. The zero-order valence-electron chi connectivity index (χ0n) is 12.3. The van der Waals surface area contributed by atoms with Gasteiger partial charge in [0.25, 0.3) is 9.05 Å². The van der Waals surface area contributed by atoms with Gasteiger partial charge in [0, 0.05) is 22.0 Å². The maximum absolute atomic E-state index is 11.4. The highest BCUT2D eigenvalue weighted by Gasteiger charge is 2.22. The second-order valence-corrected chi connectivity index (χ2v) is 9.35. The summed E-state index contributed by atoms with van der Waals surface area (Å²) < 4.78 is 28.7. The fourth-order valence-electron chi connectivity index (χ4n) is 1.73. The van der Waals surface area contributed by atoms with Crippen molar-refractivity contribution < 1.29 is 13.2 Å². The molecule has 0 heterocycles.